The van der Waals surface area contributed by atoms with E-state index in [1.807, 2.05) is 41.9 Å². The molecule has 5 rings (SSSR count). The second kappa shape index (κ2) is 6.45. The highest BCUT2D eigenvalue weighted by Crippen LogP contribution is 2.37. The fourth-order valence-corrected chi connectivity index (χ4v) is 4.06. The van der Waals surface area contributed by atoms with Crippen LogP contribution in [0, 0.1) is 11.3 Å². The number of pyridine rings is 1. The summed E-state index contributed by atoms with van der Waals surface area (Å²) in [6, 6.07) is 18.1. The van der Waals surface area contributed by atoms with Crippen molar-refractivity contribution in [2.24, 2.45) is 0 Å². The van der Waals surface area contributed by atoms with Crippen molar-refractivity contribution < 1.29 is 0 Å². The van der Waals surface area contributed by atoms with E-state index < -0.39 is 0 Å². The summed E-state index contributed by atoms with van der Waals surface area (Å²) in [5.41, 5.74) is 9.09. The number of anilines is 1. The van der Waals surface area contributed by atoms with Gasteiger partial charge in [-0.25, -0.2) is 9.97 Å². The number of nitriles is 1. The van der Waals surface area contributed by atoms with Crippen molar-refractivity contribution in [1.29, 1.82) is 5.26 Å². The van der Waals surface area contributed by atoms with Crippen molar-refractivity contribution in [2.75, 3.05) is 5.32 Å². The lowest BCUT2D eigenvalue weighted by molar-refractivity contribution is 1.27. The molecule has 1 aliphatic rings. The minimum absolute atomic E-state index is 0.609. The fourth-order valence-electron chi connectivity index (χ4n) is 3.34. The van der Waals surface area contributed by atoms with Crippen LogP contribution < -0.4 is 5.32 Å². The summed E-state index contributed by atoms with van der Waals surface area (Å²) < 4.78 is 1.13. The van der Waals surface area contributed by atoms with Crippen LogP contribution in [0.1, 0.15) is 11.1 Å². The third-order valence-corrected chi connectivity index (χ3v) is 5.49. The third kappa shape index (κ3) is 2.77. The summed E-state index contributed by atoms with van der Waals surface area (Å²) in [5.74, 6) is 0.771. The first kappa shape index (κ1) is 16.4. The Labute approximate surface area is 166 Å². The normalized spacial score (nSPS) is 12.5. The summed E-state index contributed by atoms with van der Waals surface area (Å²) in [4.78, 5) is 9.28. The number of hydrogen-bond donors (Lipinski definition) is 1. The average Bonchev–Trinajstić information content (AvgIpc) is 3.20. The number of hydrogen-bond acceptors (Lipinski definition) is 5. The Hall–Kier alpha value is -3.75. The Morgan fingerprint density at radius 3 is 2.86 bits per heavy atom. The third-order valence-electron chi connectivity index (χ3n) is 4.70. The molecule has 4 aromatic rings. The highest BCUT2D eigenvalue weighted by Gasteiger charge is 2.17. The molecule has 0 saturated heterocycles. The van der Waals surface area contributed by atoms with E-state index in [9.17, 15) is 5.26 Å². The Morgan fingerprint density at radius 1 is 1.04 bits per heavy atom. The van der Waals surface area contributed by atoms with Gasteiger partial charge in [0.05, 0.1) is 33.1 Å². The van der Waals surface area contributed by atoms with Crippen molar-refractivity contribution in [3.8, 4) is 28.5 Å². The summed E-state index contributed by atoms with van der Waals surface area (Å²) in [6.45, 7) is 3.97. The Kier molecular flexibility index (Phi) is 3.78. The lowest BCUT2D eigenvalue weighted by Gasteiger charge is -2.18. The van der Waals surface area contributed by atoms with Crippen molar-refractivity contribution in [3.63, 3.8) is 0 Å². The van der Waals surface area contributed by atoms with Gasteiger partial charge in [0, 0.05) is 22.4 Å². The molecule has 1 aliphatic heterocycles. The Balaban J connectivity index is 1.78. The molecule has 0 bridgehead atoms. The molecule has 4 nitrogen and oxygen atoms in total. The maximum atomic E-state index is 9.31. The van der Waals surface area contributed by atoms with Gasteiger partial charge in [0.15, 0.2) is 0 Å². The second-order valence-corrected chi connectivity index (χ2v) is 7.42. The molecule has 1 N–H and O–H groups in total. The summed E-state index contributed by atoms with van der Waals surface area (Å²) in [5, 5.41) is 12.5. The summed E-state index contributed by atoms with van der Waals surface area (Å²) in [6.07, 6.45) is 3.96. The predicted molar refractivity (Wildman–Crippen MR) is 115 cm³/mol. The highest BCUT2D eigenvalue weighted by atomic mass is 32.1. The fraction of sp³-hybridized carbons (Fsp3) is 0. The minimum atomic E-state index is 0.609. The minimum Gasteiger partial charge on any atom is -0.340 e. The van der Waals surface area contributed by atoms with Gasteiger partial charge in [0.1, 0.15) is 5.82 Å². The number of nitrogens with zero attached hydrogens (tertiary/aromatic N) is 3. The molecule has 3 heterocycles. The topological polar surface area (TPSA) is 61.6 Å². The molecule has 2 aromatic heterocycles. The molecule has 0 aliphatic carbocycles. The van der Waals surface area contributed by atoms with E-state index in [1.165, 1.54) is 0 Å². The predicted octanol–water partition coefficient (Wildman–Crippen LogP) is 5.85. The zero-order valence-corrected chi connectivity index (χ0v) is 15.6. The van der Waals surface area contributed by atoms with Crippen LogP contribution in [0.15, 0.2) is 72.4 Å². The van der Waals surface area contributed by atoms with Crippen LogP contribution in [-0.2, 0) is 0 Å². The molecule has 2 aromatic carbocycles. The SMILES string of the molecule is C=C1C=Cc2cc(-c3ccc4ncsc4c3)c(-c3cccc(C#N)c3)nc2N1. The van der Waals surface area contributed by atoms with Gasteiger partial charge in [-0.2, -0.15) is 5.26 Å². The number of allylic oxidation sites excluding steroid dienone is 1. The number of thiazole rings is 1. The van der Waals surface area contributed by atoms with E-state index in [2.05, 4.69) is 41.1 Å². The molecular formula is C23H14N4S. The van der Waals surface area contributed by atoms with E-state index in [4.69, 9.17) is 4.98 Å². The van der Waals surface area contributed by atoms with Gasteiger partial charge in [0.25, 0.3) is 0 Å². The lowest BCUT2D eigenvalue weighted by Crippen LogP contribution is -2.06. The van der Waals surface area contributed by atoms with Gasteiger partial charge in [-0.3, -0.25) is 0 Å². The quantitative estimate of drug-likeness (QED) is 0.475. The van der Waals surface area contributed by atoms with Gasteiger partial charge in [-0.1, -0.05) is 24.8 Å². The monoisotopic (exact) mass is 378 g/mol. The molecule has 132 valence electrons. The second-order valence-electron chi connectivity index (χ2n) is 6.53. The van der Waals surface area contributed by atoms with Crippen molar-refractivity contribution in [2.45, 2.75) is 0 Å². The number of rotatable bonds is 2. The average molecular weight is 378 g/mol. The van der Waals surface area contributed by atoms with Crippen LogP contribution in [0.5, 0.6) is 0 Å². The van der Waals surface area contributed by atoms with Gasteiger partial charge in [-0.05, 0) is 48.0 Å². The van der Waals surface area contributed by atoms with Crippen LogP contribution in [0.25, 0.3) is 38.7 Å². The molecule has 0 fully saturated rings. The van der Waals surface area contributed by atoms with Crippen LogP contribution in [0.2, 0.25) is 0 Å². The number of benzene rings is 2. The molecule has 28 heavy (non-hydrogen) atoms. The highest BCUT2D eigenvalue weighted by molar-refractivity contribution is 7.16. The van der Waals surface area contributed by atoms with Gasteiger partial charge < -0.3 is 5.32 Å². The first-order valence-electron chi connectivity index (χ1n) is 8.74. The van der Waals surface area contributed by atoms with Crippen LogP contribution in [0.3, 0.4) is 0 Å². The number of aromatic nitrogens is 2. The lowest BCUT2D eigenvalue weighted by atomic mass is 9.96. The van der Waals surface area contributed by atoms with Crippen LogP contribution in [0.4, 0.5) is 5.82 Å². The van der Waals surface area contributed by atoms with Crippen molar-refractivity contribution in [1.82, 2.24) is 9.97 Å². The molecule has 0 saturated carbocycles. The molecule has 0 radical (unpaired) electrons. The smallest absolute Gasteiger partial charge is 0.138 e. The van der Waals surface area contributed by atoms with Crippen LogP contribution in [-0.4, -0.2) is 9.97 Å². The Bertz CT molecular complexity index is 1320. The zero-order valence-electron chi connectivity index (χ0n) is 14.8. The first-order valence-corrected chi connectivity index (χ1v) is 9.62. The zero-order chi connectivity index (χ0) is 19.1. The molecule has 0 unspecified atom stereocenters. The standard InChI is InChI=1S/C23H14N4S/c1-14-5-6-18-10-19(16-7-8-20-21(11-16)28-13-25-20)22(27-23(18)26-14)17-4-2-3-15(9-17)12-24/h2-11,13H,1H2,(H,26,27). The number of nitrogens with one attached hydrogen (secondary N) is 1. The van der Waals surface area contributed by atoms with E-state index in [1.54, 1.807) is 17.4 Å². The van der Waals surface area contributed by atoms with Gasteiger partial charge >= 0.3 is 0 Å². The molecule has 0 atom stereocenters. The van der Waals surface area contributed by atoms with E-state index >= 15 is 0 Å². The summed E-state index contributed by atoms with van der Waals surface area (Å²) >= 11 is 1.62. The largest absolute Gasteiger partial charge is 0.340 e. The summed E-state index contributed by atoms with van der Waals surface area (Å²) in [7, 11) is 0. The van der Waals surface area contributed by atoms with E-state index in [0.717, 1.165) is 49.7 Å². The van der Waals surface area contributed by atoms with Gasteiger partial charge in [-0.15, -0.1) is 11.3 Å². The maximum absolute atomic E-state index is 9.31. The number of fused-ring (bicyclic) bond motifs is 2. The Morgan fingerprint density at radius 2 is 1.96 bits per heavy atom. The first-order chi connectivity index (χ1) is 13.7. The maximum Gasteiger partial charge on any atom is 0.138 e. The molecule has 0 spiro atoms. The van der Waals surface area contributed by atoms with E-state index in [-0.39, 0.29) is 0 Å². The molecular weight excluding hydrogens is 364 g/mol. The van der Waals surface area contributed by atoms with Gasteiger partial charge in [0.2, 0.25) is 0 Å². The van der Waals surface area contributed by atoms with Crippen LogP contribution >= 0.6 is 11.3 Å². The molecule has 0 amide bonds. The van der Waals surface area contributed by atoms with E-state index in [0.29, 0.717) is 5.56 Å². The van der Waals surface area contributed by atoms with Crippen molar-refractivity contribution in [3.05, 3.63) is 83.5 Å². The molecule has 5 heteroatoms. The van der Waals surface area contributed by atoms with Crippen molar-refractivity contribution >= 4 is 33.4 Å².